The van der Waals surface area contributed by atoms with Gasteiger partial charge in [-0.1, -0.05) is 17.7 Å². The van der Waals surface area contributed by atoms with Crippen molar-refractivity contribution in [1.82, 2.24) is 29.6 Å². The Kier molecular flexibility index (Phi) is 7.71. The summed E-state index contributed by atoms with van der Waals surface area (Å²) in [7, 11) is 0. The molecule has 0 atom stereocenters. The van der Waals surface area contributed by atoms with Crippen molar-refractivity contribution in [3.8, 4) is 11.4 Å². The SMILES string of the molecule is Cc1cc(C2CCN(CCCC=N)CC2)cc2[nH]c(-c3c(NCCn4cc(Cl)cn4)cc[nH]c3=O)nc12. The van der Waals surface area contributed by atoms with Gasteiger partial charge in [0.15, 0.2) is 0 Å². The van der Waals surface area contributed by atoms with Crippen LogP contribution in [0, 0.1) is 12.3 Å². The van der Waals surface area contributed by atoms with Crippen LogP contribution in [0.25, 0.3) is 22.4 Å². The van der Waals surface area contributed by atoms with Crippen molar-refractivity contribution < 1.29 is 0 Å². The number of aromatic amines is 2. The summed E-state index contributed by atoms with van der Waals surface area (Å²) in [6.07, 6.45) is 10.7. The molecule has 4 heterocycles. The van der Waals surface area contributed by atoms with E-state index in [1.54, 1.807) is 23.3 Å². The zero-order valence-electron chi connectivity index (χ0n) is 21.1. The van der Waals surface area contributed by atoms with Crippen molar-refractivity contribution in [2.24, 2.45) is 0 Å². The number of aromatic nitrogens is 5. The second kappa shape index (κ2) is 11.3. The van der Waals surface area contributed by atoms with E-state index in [1.165, 1.54) is 11.8 Å². The fourth-order valence-corrected chi connectivity index (χ4v) is 5.36. The normalized spacial score (nSPS) is 14.9. The molecule has 1 fully saturated rings. The van der Waals surface area contributed by atoms with E-state index < -0.39 is 0 Å². The summed E-state index contributed by atoms with van der Waals surface area (Å²) in [6.45, 7) is 6.54. The molecule has 3 aromatic heterocycles. The molecule has 194 valence electrons. The fraction of sp³-hybridized carbons (Fsp3) is 0.407. The Morgan fingerprint density at radius 1 is 1.27 bits per heavy atom. The van der Waals surface area contributed by atoms with Gasteiger partial charge in [-0.3, -0.25) is 9.48 Å². The molecule has 0 unspecified atom stereocenters. The maximum absolute atomic E-state index is 12.9. The van der Waals surface area contributed by atoms with Gasteiger partial charge in [-0.2, -0.15) is 5.10 Å². The number of likely N-dealkylation sites (tertiary alicyclic amines) is 1. The molecule has 1 saturated heterocycles. The van der Waals surface area contributed by atoms with Gasteiger partial charge in [0, 0.05) is 18.9 Å². The number of imidazole rings is 1. The fourth-order valence-electron chi connectivity index (χ4n) is 5.21. The van der Waals surface area contributed by atoms with E-state index in [9.17, 15) is 4.79 Å². The molecule has 0 amide bonds. The van der Waals surface area contributed by atoms with Crippen molar-refractivity contribution in [3.63, 3.8) is 0 Å². The Labute approximate surface area is 220 Å². The first-order valence-corrected chi connectivity index (χ1v) is 13.2. The summed E-state index contributed by atoms with van der Waals surface area (Å²) >= 11 is 5.95. The van der Waals surface area contributed by atoms with E-state index in [4.69, 9.17) is 22.0 Å². The minimum absolute atomic E-state index is 0.195. The summed E-state index contributed by atoms with van der Waals surface area (Å²) in [5.74, 6) is 1.07. The molecule has 4 aromatic rings. The first kappa shape index (κ1) is 25.2. The number of anilines is 1. The zero-order valence-corrected chi connectivity index (χ0v) is 21.8. The predicted molar refractivity (Wildman–Crippen MR) is 149 cm³/mol. The van der Waals surface area contributed by atoms with Gasteiger partial charge >= 0.3 is 0 Å². The second-order valence-corrected chi connectivity index (χ2v) is 10.2. The van der Waals surface area contributed by atoms with Crippen molar-refractivity contribution in [2.75, 3.05) is 31.5 Å². The average Bonchev–Trinajstić information content (AvgIpc) is 3.51. The van der Waals surface area contributed by atoms with Crippen LogP contribution in [0.5, 0.6) is 0 Å². The summed E-state index contributed by atoms with van der Waals surface area (Å²) in [6, 6.07) is 6.32. The Morgan fingerprint density at radius 3 is 2.86 bits per heavy atom. The smallest absolute Gasteiger partial charge is 0.261 e. The maximum atomic E-state index is 12.9. The van der Waals surface area contributed by atoms with E-state index in [0.717, 1.165) is 61.9 Å². The number of nitrogens with zero attached hydrogens (tertiary/aromatic N) is 4. The number of piperidine rings is 1. The minimum Gasteiger partial charge on any atom is -0.382 e. The molecule has 1 aromatic carbocycles. The molecule has 10 heteroatoms. The lowest BCUT2D eigenvalue weighted by atomic mass is 9.88. The van der Waals surface area contributed by atoms with Gasteiger partial charge in [0.25, 0.3) is 5.56 Å². The van der Waals surface area contributed by atoms with Crippen molar-refractivity contribution in [2.45, 2.75) is 45.1 Å². The molecule has 1 aliphatic rings. The number of H-pyrrole nitrogens is 2. The number of halogens is 1. The second-order valence-electron chi connectivity index (χ2n) is 9.73. The van der Waals surface area contributed by atoms with Crippen LogP contribution in [0.15, 0.2) is 41.6 Å². The van der Waals surface area contributed by atoms with Crippen LogP contribution in [0.3, 0.4) is 0 Å². The number of pyridine rings is 1. The molecule has 0 saturated carbocycles. The number of nitrogens with one attached hydrogen (secondary N) is 4. The number of hydrogen-bond donors (Lipinski definition) is 4. The highest BCUT2D eigenvalue weighted by atomic mass is 35.5. The number of aryl methyl sites for hydroxylation is 1. The Hall–Kier alpha value is -3.43. The van der Waals surface area contributed by atoms with Crippen LogP contribution in [0.4, 0.5) is 5.69 Å². The summed E-state index contributed by atoms with van der Waals surface area (Å²) < 4.78 is 1.76. The molecular formula is C27H33ClN8O. The lowest BCUT2D eigenvalue weighted by Gasteiger charge is -2.32. The number of hydrogen-bond acceptors (Lipinski definition) is 6. The number of unbranched alkanes of at least 4 members (excludes halogenated alkanes) is 1. The topological polar surface area (TPSA) is 118 Å². The van der Waals surface area contributed by atoms with Gasteiger partial charge in [0.05, 0.1) is 34.5 Å². The molecule has 0 radical (unpaired) electrons. The number of benzene rings is 1. The molecule has 1 aliphatic heterocycles. The highest BCUT2D eigenvalue weighted by molar-refractivity contribution is 6.30. The van der Waals surface area contributed by atoms with Gasteiger partial charge in [-0.05, 0) is 87.6 Å². The Bertz CT molecular complexity index is 1430. The number of fused-ring (bicyclic) bond motifs is 1. The molecule has 4 N–H and O–H groups in total. The number of rotatable bonds is 10. The quantitative estimate of drug-likeness (QED) is 0.177. The predicted octanol–water partition coefficient (Wildman–Crippen LogP) is 4.80. The van der Waals surface area contributed by atoms with Crippen LogP contribution in [-0.2, 0) is 6.54 Å². The van der Waals surface area contributed by atoms with Crippen LogP contribution in [0.1, 0.15) is 42.7 Å². The van der Waals surface area contributed by atoms with E-state index >= 15 is 0 Å². The first-order valence-electron chi connectivity index (χ1n) is 12.9. The third-order valence-corrected chi connectivity index (χ3v) is 7.33. The molecule has 37 heavy (non-hydrogen) atoms. The lowest BCUT2D eigenvalue weighted by Crippen LogP contribution is -2.33. The van der Waals surface area contributed by atoms with Gasteiger partial charge in [-0.15, -0.1) is 0 Å². The van der Waals surface area contributed by atoms with Crippen LogP contribution < -0.4 is 10.9 Å². The van der Waals surface area contributed by atoms with Crippen molar-refractivity contribution in [1.29, 1.82) is 5.41 Å². The summed E-state index contributed by atoms with van der Waals surface area (Å²) in [4.78, 5) is 26.4. The minimum atomic E-state index is -0.195. The highest BCUT2D eigenvalue weighted by Crippen LogP contribution is 2.33. The van der Waals surface area contributed by atoms with Gasteiger partial charge < -0.3 is 25.6 Å². The Balaban J connectivity index is 1.34. The highest BCUT2D eigenvalue weighted by Gasteiger charge is 2.22. The zero-order chi connectivity index (χ0) is 25.8. The van der Waals surface area contributed by atoms with Gasteiger partial charge in [-0.25, -0.2) is 4.98 Å². The molecule has 0 bridgehead atoms. The van der Waals surface area contributed by atoms with Crippen molar-refractivity contribution in [3.05, 3.63) is 63.3 Å². The van der Waals surface area contributed by atoms with Crippen LogP contribution in [-0.4, -0.2) is 62.0 Å². The monoisotopic (exact) mass is 520 g/mol. The van der Waals surface area contributed by atoms with Crippen LogP contribution >= 0.6 is 11.6 Å². The molecule has 0 aliphatic carbocycles. The molecule has 0 spiro atoms. The van der Waals surface area contributed by atoms with Crippen molar-refractivity contribution >= 4 is 34.5 Å². The average molecular weight is 521 g/mol. The standard InChI is InChI=1S/C27H33ClN8O/c1-18-14-20(19-5-11-35(12-6-19)10-3-2-7-29)15-23-25(18)34-26(33-23)24-22(4-8-31-27(24)37)30-9-13-36-17-21(28)16-32-36/h4,7-8,14-17,19,29H,2-3,5-6,9-13H2,1H3,(H,33,34)(H2,30,31,37). The molecular weight excluding hydrogens is 488 g/mol. The van der Waals surface area contributed by atoms with E-state index in [-0.39, 0.29) is 5.56 Å². The maximum Gasteiger partial charge on any atom is 0.261 e. The Morgan fingerprint density at radius 2 is 2.11 bits per heavy atom. The summed E-state index contributed by atoms with van der Waals surface area (Å²) in [5.41, 5.74) is 5.31. The largest absolute Gasteiger partial charge is 0.382 e. The van der Waals surface area contributed by atoms with Gasteiger partial charge in [0.1, 0.15) is 11.4 Å². The molecule has 9 nitrogen and oxygen atoms in total. The van der Waals surface area contributed by atoms with Crippen LogP contribution in [0.2, 0.25) is 5.02 Å². The summed E-state index contributed by atoms with van der Waals surface area (Å²) in [5, 5.41) is 15.4. The first-order chi connectivity index (χ1) is 18.0. The lowest BCUT2D eigenvalue weighted by molar-refractivity contribution is 0.211. The van der Waals surface area contributed by atoms with E-state index in [1.807, 2.05) is 6.07 Å². The molecule has 5 rings (SSSR count). The third-order valence-electron chi connectivity index (χ3n) is 7.14. The van der Waals surface area contributed by atoms with E-state index in [0.29, 0.717) is 41.1 Å². The third kappa shape index (κ3) is 5.78. The van der Waals surface area contributed by atoms with E-state index in [2.05, 4.69) is 44.3 Å². The van der Waals surface area contributed by atoms with Gasteiger partial charge in [0.2, 0.25) is 0 Å².